The molecule has 27 heavy (non-hydrogen) atoms. The van der Waals surface area contributed by atoms with Crippen molar-refractivity contribution in [1.29, 1.82) is 0 Å². The van der Waals surface area contributed by atoms with E-state index in [0.717, 1.165) is 24.6 Å². The van der Waals surface area contributed by atoms with Crippen LogP contribution in [0.15, 0.2) is 58.1 Å². The lowest BCUT2D eigenvalue weighted by Gasteiger charge is -2.36. The van der Waals surface area contributed by atoms with Gasteiger partial charge in [-0.15, -0.1) is 0 Å². The molecular weight excluding hydrogens is 344 g/mol. The fourth-order valence-electron chi connectivity index (χ4n) is 3.20. The summed E-state index contributed by atoms with van der Waals surface area (Å²) in [5.74, 6) is 1.14. The Balaban J connectivity index is 1.52. The molecule has 144 valence electrons. The third kappa shape index (κ3) is 4.68. The molecule has 0 saturated carbocycles. The Hall–Kier alpha value is -2.80. The lowest BCUT2D eigenvalue weighted by atomic mass is 10.1. The standard InChI is InChI=1S/C20H26N4O3/c1-21-20(22-15-18(26-2)16-7-4-3-5-8-16)24-12-10-23(11-13-24)19(25)17-9-6-14-27-17/h3-9,14,18H,10-13,15H2,1-2H3,(H,21,22). The second kappa shape index (κ2) is 9.23. The number of amides is 1. The van der Waals surface area contributed by atoms with Crippen molar-refractivity contribution in [1.82, 2.24) is 15.1 Å². The molecule has 1 aromatic heterocycles. The number of aliphatic imine (C=N–C) groups is 1. The molecule has 1 unspecified atom stereocenters. The van der Waals surface area contributed by atoms with E-state index in [1.807, 2.05) is 23.1 Å². The molecule has 1 N–H and O–H groups in total. The molecule has 1 saturated heterocycles. The Labute approximate surface area is 159 Å². The van der Waals surface area contributed by atoms with Crippen LogP contribution in [0.25, 0.3) is 0 Å². The van der Waals surface area contributed by atoms with Crippen LogP contribution in [-0.2, 0) is 4.74 Å². The molecule has 1 aliphatic heterocycles. The van der Waals surface area contributed by atoms with Gasteiger partial charge in [-0.1, -0.05) is 30.3 Å². The van der Waals surface area contributed by atoms with E-state index in [2.05, 4.69) is 27.3 Å². The summed E-state index contributed by atoms with van der Waals surface area (Å²) >= 11 is 0. The van der Waals surface area contributed by atoms with Crippen molar-refractivity contribution in [3.05, 3.63) is 60.1 Å². The van der Waals surface area contributed by atoms with Gasteiger partial charge in [-0.25, -0.2) is 0 Å². The van der Waals surface area contributed by atoms with Crippen LogP contribution >= 0.6 is 0 Å². The zero-order valence-electron chi connectivity index (χ0n) is 15.8. The number of furan rings is 1. The normalized spacial score (nSPS) is 16.3. The van der Waals surface area contributed by atoms with E-state index >= 15 is 0 Å². The summed E-state index contributed by atoms with van der Waals surface area (Å²) in [4.78, 5) is 20.7. The molecule has 7 nitrogen and oxygen atoms in total. The maximum Gasteiger partial charge on any atom is 0.289 e. The Morgan fingerprint density at radius 2 is 1.85 bits per heavy atom. The third-order valence-corrected chi connectivity index (χ3v) is 4.71. The van der Waals surface area contributed by atoms with E-state index in [1.165, 1.54) is 6.26 Å². The Kier molecular flexibility index (Phi) is 6.49. The molecule has 1 atom stereocenters. The summed E-state index contributed by atoms with van der Waals surface area (Å²) < 4.78 is 10.8. The minimum atomic E-state index is -0.0638. The molecule has 3 rings (SSSR count). The van der Waals surface area contributed by atoms with Gasteiger partial charge in [0.1, 0.15) is 0 Å². The number of nitrogens with zero attached hydrogens (tertiary/aromatic N) is 3. The second-order valence-corrected chi connectivity index (χ2v) is 6.32. The van der Waals surface area contributed by atoms with Crippen molar-refractivity contribution >= 4 is 11.9 Å². The SMILES string of the molecule is CN=C(NCC(OC)c1ccccc1)N1CCN(C(=O)c2ccco2)CC1. The van der Waals surface area contributed by atoms with E-state index in [4.69, 9.17) is 9.15 Å². The summed E-state index contributed by atoms with van der Waals surface area (Å²) in [7, 11) is 3.48. The van der Waals surface area contributed by atoms with Crippen LogP contribution in [-0.4, -0.2) is 68.5 Å². The molecular formula is C20H26N4O3. The average Bonchev–Trinajstić information content (AvgIpc) is 3.27. The summed E-state index contributed by atoms with van der Waals surface area (Å²) in [6.07, 6.45) is 1.47. The molecule has 1 fully saturated rings. The van der Waals surface area contributed by atoms with Crippen molar-refractivity contribution in [2.24, 2.45) is 4.99 Å². The number of hydrogen-bond acceptors (Lipinski definition) is 4. The number of carbonyl (C=O) groups is 1. The highest BCUT2D eigenvalue weighted by atomic mass is 16.5. The van der Waals surface area contributed by atoms with Gasteiger partial charge >= 0.3 is 0 Å². The van der Waals surface area contributed by atoms with Crippen LogP contribution in [0.1, 0.15) is 22.2 Å². The number of nitrogens with one attached hydrogen (secondary N) is 1. The van der Waals surface area contributed by atoms with Crippen LogP contribution < -0.4 is 5.32 Å². The number of benzene rings is 1. The van der Waals surface area contributed by atoms with Gasteiger partial charge in [0, 0.05) is 46.9 Å². The molecule has 0 radical (unpaired) electrons. The van der Waals surface area contributed by atoms with Gasteiger partial charge in [0.2, 0.25) is 0 Å². The molecule has 2 heterocycles. The molecule has 7 heteroatoms. The summed E-state index contributed by atoms with van der Waals surface area (Å²) in [5, 5.41) is 3.39. The van der Waals surface area contributed by atoms with Gasteiger partial charge in [-0.3, -0.25) is 9.79 Å². The predicted molar refractivity (Wildman–Crippen MR) is 104 cm³/mol. The zero-order chi connectivity index (χ0) is 19.1. The Bertz CT molecular complexity index is 738. The zero-order valence-corrected chi connectivity index (χ0v) is 15.8. The first-order valence-electron chi connectivity index (χ1n) is 9.09. The largest absolute Gasteiger partial charge is 0.459 e. The molecule has 0 bridgehead atoms. The van der Waals surface area contributed by atoms with Gasteiger partial charge in [-0.2, -0.15) is 0 Å². The number of carbonyl (C=O) groups excluding carboxylic acids is 1. The molecule has 1 aromatic carbocycles. The molecule has 1 aliphatic rings. The van der Waals surface area contributed by atoms with E-state index in [1.54, 1.807) is 26.3 Å². The lowest BCUT2D eigenvalue weighted by molar-refractivity contribution is 0.0656. The van der Waals surface area contributed by atoms with E-state index in [9.17, 15) is 4.79 Å². The highest BCUT2D eigenvalue weighted by Crippen LogP contribution is 2.15. The summed E-state index contributed by atoms with van der Waals surface area (Å²) in [5.41, 5.74) is 1.12. The van der Waals surface area contributed by atoms with Gasteiger partial charge in [0.25, 0.3) is 5.91 Å². The van der Waals surface area contributed by atoms with Crippen LogP contribution in [0.3, 0.4) is 0 Å². The smallest absolute Gasteiger partial charge is 0.289 e. The summed E-state index contributed by atoms with van der Waals surface area (Å²) in [6.45, 7) is 3.32. The number of methoxy groups -OCH3 is 1. The molecule has 0 aliphatic carbocycles. The minimum absolute atomic E-state index is 0.0511. The maximum absolute atomic E-state index is 12.4. The highest BCUT2D eigenvalue weighted by Gasteiger charge is 2.25. The predicted octanol–water partition coefficient (Wildman–Crippen LogP) is 2.00. The Morgan fingerprint density at radius 3 is 2.44 bits per heavy atom. The van der Waals surface area contributed by atoms with Crippen molar-refractivity contribution in [2.75, 3.05) is 46.9 Å². The first-order valence-corrected chi connectivity index (χ1v) is 9.09. The topological polar surface area (TPSA) is 70.3 Å². The second-order valence-electron chi connectivity index (χ2n) is 6.32. The minimum Gasteiger partial charge on any atom is -0.459 e. The van der Waals surface area contributed by atoms with Crippen molar-refractivity contribution in [2.45, 2.75) is 6.10 Å². The van der Waals surface area contributed by atoms with Crippen LogP contribution in [0.5, 0.6) is 0 Å². The highest BCUT2D eigenvalue weighted by molar-refractivity contribution is 5.91. The van der Waals surface area contributed by atoms with E-state index in [0.29, 0.717) is 25.4 Å². The van der Waals surface area contributed by atoms with Crippen molar-refractivity contribution in [3.8, 4) is 0 Å². The van der Waals surface area contributed by atoms with Gasteiger partial charge < -0.3 is 24.3 Å². The summed E-state index contributed by atoms with van der Waals surface area (Å²) in [6, 6.07) is 13.5. The molecule has 1 amide bonds. The molecule has 2 aromatic rings. The lowest BCUT2D eigenvalue weighted by Crippen LogP contribution is -2.54. The van der Waals surface area contributed by atoms with E-state index in [-0.39, 0.29) is 12.0 Å². The quantitative estimate of drug-likeness (QED) is 0.644. The first-order chi connectivity index (χ1) is 13.2. The Morgan fingerprint density at radius 1 is 1.15 bits per heavy atom. The average molecular weight is 370 g/mol. The fourth-order valence-corrected chi connectivity index (χ4v) is 3.20. The van der Waals surface area contributed by atoms with Crippen LogP contribution in [0.2, 0.25) is 0 Å². The number of rotatable bonds is 5. The van der Waals surface area contributed by atoms with Gasteiger partial charge in [-0.05, 0) is 17.7 Å². The first kappa shape index (κ1) is 19.0. The van der Waals surface area contributed by atoms with Crippen LogP contribution in [0.4, 0.5) is 0 Å². The number of guanidine groups is 1. The third-order valence-electron chi connectivity index (χ3n) is 4.71. The van der Waals surface area contributed by atoms with Gasteiger partial charge in [0.15, 0.2) is 11.7 Å². The number of ether oxygens (including phenoxy) is 1. The monoisotopic (exact) mass is 370 g/mol. The van der Waals surface area contributed by atoms with Crippen molar-refractivity contribution in [3.63, 3.8) is 0 Å². The number of hydrogen-bond donors (Lipinski definition) is 1. The fraction of sp³-hybridized carbons (Fsp3) is 0.400. The van der Waals surface area contributed by atoms with Gasteiger partial charge in [0.05, 0.1) is 12.4 Å². The van der Waals surface area contributed by atoms with Crippen LogP contribution in [0, 0.1) is 0 Å². The van der Waals surface area contributed by atoms with E-state index < -0.39 is 0 Å². The number of piperazine rings is 1. The molecule has 0 spiro atoms. The maximum atomic E-state index is 12.4. The van der Waals surface area contributed by atoms with Crippen molar-refractivity contribution < 1.29 is 13.9 Å².